The smallest absolute Gasteiger partial charge is 0.232 e. The molecule has 1 fully saturated rings. The fourth-order valence-electron chi connectivity index (χ4n) is 2.85. The third kappa shape index (κ3) is 3.67. The maximum Gasteiger partial charge on any atom is 0.232 e. The molecule has 2 atom stereocenters. The van der Waals surface area contributed by atoms with Gasteiger partial charge in [-0.25, -0.2) is 4.98 Å². The molecule has 18 heavy (non-hydrogen) atoms. The molecule has 1 aromatic heterocycles. The van der Waals surface area contributed by atoms with E-state index in [0.717, 1.165) is 36.9 Å². The van der Waals surface area contributed by atoms with E-state index in [1.165, 1.54) is 6.42 Å². The van der Waals surface area contributed by atoms with Crippen LogP contribution < -0.4 is 10.1 Å². The molecule has 2 unspecified atom stereocenters. The molecule has 100 valence electrons. The maximum absolute atomic E-state index is 5.98. The average Bonchev–Trinajstić information content (AvgIpc) is 2.28. The highest BCUT2D eigenvalue weighted by atomic mass is 16.5. The summed E-state index contributed by atoms with van der Waals surface area (Å²) in [5.74, 6) is 2.15. The lowest BCUT2D eigenvalue weighted by atomic mass is 9.82. The van der Waals surface area contributed by atoms with Gasteiger partial charge in [-0.15, -0.1) is 0 Å². The van der Waals surface area contributed by atoms with Crippen LogP contribution in [0, 0.1) is 11.8 Å². The van der Waals surface area contributed by atoms with Crippen molar-refractivity contribution in [2.75, 3.05) is 7.05 Å². The van der Waals surface area contributed by atoms with Gasteiger partial charge in [0.25, 0.3) is 0 Å². The van der Waals surface area contributed by atoms with E-state index in [2.05, 4.69) is 29.1 Å². The third-order valence-electron chi connectivity index (χ3n) is 3.44. The first-order valence-corrected chi connectivity index (χ1v) is 6.79. The van der Waals surface area contributed by atoms with Crippen LogP contribution in [-0.4, -0.2) is 23.1 Å². The van der Waals surface area contributed by atoms with E-state index in [4.69, 9.17) is 4.74 Å². The normalized spacial score (nSPS) is 28.1. The Hall–Kier alpha value is -1.16. The highest BCUT2D eigenvalue weighted by molar-refractivity contribution is 5.08. The fourth-order valence-corrected chi connectivity index (χ4v) is 2.85. The topological polar surface area (TPSA) is 47.0 Å². The maximum atomic E-state index is 5.98. The Morgan fingerprint density at radius 1 is 1.22 bits per heavy atom. The van der Waals surface area contributed by atoms with Crippen LogP contribution in [0.5, 0.6) is 5.88 Å². The number of rotatable bonds is 4. The lowest BCUT2D eigenvalue weighted by Gasteiger charge is -2.31. The molecule has 4 nitrogen and oxygen atoms in total. The molecule has 1 heterocycles. The highest BCUT2D eigenvalue weighted by Gasteiger charge is 2.25. The van der Waals surface area contributed by atoms with Gasteiger partial charge in [0.05, 0.1) is 11.9 Å². The van der Waals surface area contributed by atoms with Gasteiger partial charge >= 0.3 is 0 Å². The summed E-state index contributed by atoms with van der Waals surface area (Å²) in [5, 5.41) is 3.07. The fraction of sp³-hybridized carbons (Fsp3) is 0.714. The summed E-state index contributed by atoms with van der Waals surface area (Å²) in [7, 11) is 1.90. The van der Waals surface area contributed by atoms with E-state index in [0.29, 0.717) is 12.0 Å². The molecule has 1 aromatic rings. The van der Waals surface area contributed by atoms with Crippen molar-refractivity contribution in [1.29, 1.82) is 0 Å². The van der Waals surface area contributed by atoms with Gasteiger partial charge in [0, 0.05) is 12.7 Å². The zero-order chi connectivity index (χ0) is 13.0. The van der Waals surface area contributed by atoms with Crippen LogP contribution in [-0.2, 0) is 6.54 Å². The van der Waals surface area contributed by atoms with E-state index in [-0.39, 0.29) is 0 Å². The number of hydrogen-bond acceptors (Lipinski definition) is 4. The summed E-state index contributed by atoms with van der Waals surface area (Å²) in [6.07, 6.45) is 7.34. The predicted octanol–water partition coefficient (Wildman–Crippen LogP) is 2.40. The molecule has 2 rings (SSSR count). The van der Waals surface area contributed by atoms with Crippen LogP contribution in [0.4, 0.5) is 0 Å². The van der Waals surface area contributed by atoms with Gasteiger partial charge < -0.3 is 10.1 Å². The van der Waals surface area contributed by atoms with Crippen LogP contribution >= 0.6 is 0 Å². The molecule has 4 heteroatoms. The van der Waals surface area contributed by atoms with E-state index in [1.807, 2.05) is 7.05 Å². The molecular formula is C14H23N3O. The minimum absolute atomic E-state index is 0.294. The average molecular weight is 249 g/mol. The van der Waals surface area contributed by atoms with E-state index in [1.54, 1.807) is 12.4 Å². The Labute approximate surface area is 109 Å². The van der Waals surface area contributed by atoms with Crippen molar-refractivity contribution in [2.24, 2.45) is 11.8 Å². The molecule has 1 aliphatic rings. The third-order valence-corrected chi connectivity index (χ3v) is 3.44. The molecule has 1 aliphatic carbocycles. The Kier molecular flexibility index (Phi) is 4.53. The van der Waals surface area contributed by atoms with Crippen molar-refractivity contribution in [3.63, 3.8) is 0 Å². The van der Waals surface area contributed by atoms with Crippen LogP contribution in [0.2, 0.25) is 0 Å². The van der Waals surface area contributed by atoms with Crippen molar-refractivity contribution in [2.45, 2.75) is 45.8 Å². The van der Waals surface area contributed by atoms with Gasteiger partial charge in [-0.05, 0) is 38.1 Å². The minimum atomic E-state index is 0.294. The molecule has 0 aliphatic heterocycles. The number of hydrogen-bond donors (Lipinski definition) is 1. The van der Waals surface area contributed by atoms with Crippen molar-refractivity contribution in [3.05, 3.63) is 18.1 Å². The first-order valence-electron chi connectivity index (χ1n) is 6.79. The molecular weight excluding hydrogens is 226 g/mol. The molecule has 1 saturated carbocycles. The number of ether oxygens (including phenoxy) is 1. The first-order chi connectivity index (χ1) is 8.67. The second kappa shape index (κ2) is 6.14. The quantitative estimate of drug-likeness (QED) is 0.890. The van der Waals surface area contributed by atoms with Crippen molar-refractivity contribution >= 4 is 0 Å². The molecule has 0 amide bonds. The molecule has 0 saturated heterocycles. The molecule has 1 N–H and O–H groups in total. The summed E-state index contributed by atoms with van der Waals surface area (Å²) < 4.78 is 5.98. The summed E-state index contributed by atoms with van der Waals surface area (Å²) in [5.41, 5.74) is 0.923. The lowest BCUT2D eigenvalue weighted by Crippen LogP contribution is -2.29. The number of nitrogens with zero attached hydrogens (tertiary/aromatic N) is 2. The van der Waals surface area contributed by atoms with Gasteiger partial charge in [0.1, 0.15) is 6.10 Å². The zero-order valence-electron chi connectivity index (χ0n) is 11.5. The van der Waals surface area contributed by atoms with Crippen molar-refractivity contribution < 1.29 is 4.74 Å². The second-order valence-electron chi connectivity index (χ2n) is 5.54. The summed E-state index contributed by atoms with van der Waals surface area (Å²) in [4.78, 5) is 8.64. The Balaban J connectivity index is 1.97. The van der Waals surface area contributed by atoms with Crippen molar-refractivity contribution in [3.8, 4) is 5.88 Å². The van der Waals surface area contributed by atoms with Gasteiger partial charge in [0.15, 0.2) is 0 Å². The van der Waals surface area contributed by atoms with E-state index >= 15 is 0 Å². The van der Waals surface area contributed by atoms with Gasteiger partial charge in [-0.1, -0.05) is 13.8 Å². The van der Waals surface area contributed by atoms with Gasteiger partial charge in [-0.2, -0.15) is 0 Å². The van der Waals surface area contributed by atoms with Gasteiger partial charge in [-0.3, -0.25) is 4.98 Å². The van der Waals surface area contributed by atoms with E-state index < -0.39 is 0 Å². The highest BCUT2D eigenvalue weighted by Crippen LogP contribution is 2.30. The molecule has 0 aromatic carbocycles. The van der Waals surface area contributed by atoms with Crippen LogP contribution in [0.3, 0.4) is 0 Å². The Bertz CT molecular complexity index is 373. The van der Waals surface area contributed by atoms with E-state index in [9.17, 15) is 0 Å². The monoisotopic (exact) mass is 249 g/mol. The summed E-state index contributed by atoms with van der Waals surface area (Å²) >= 11 is 0. The van der Waals surface area contributed by atoms with Crippen LogP contribution in [0.15, 0.2) is 12.4 Å². The Morgan fingerprint density at radius 2 is 1.94 bits per heavy atom. The van der Waals surface area contributed by atoms with Crippen molar-refractivity contribution in [1.82, 2.24) is 15.3 Å². The van der Waals surface area contributed by atoms with Gasteiger partial charge in [0.2, 0.25) is 5.88 Å². The summed E-state index contributed by atoms with van der Waals surface area (Å²) in [6.45, 7) is 5.33. The number of nitrogens with one attached hydrogen (secondary N) is 1. The summed E-state index contributed by atoms with van der Waals surface area (Å²) in [6, 6.07) is 0. The molecule has 0 bridgehead atoms. The largest absolute Gasteiger partial charge is 0.473 e. The molecule has 0 spiro atoms. The van der Waals surface area contributed by atoms with Crippen LogP contribution in [0.25, 0.3) is 0 Å². The first kappa shape index (κ1) is 13.3. The van der Waals surface area contributed by atoms with Crippen LogP contribution in [0.1, 0.15) is 38.8 Å². The second-order valence-corrected chi connectivity index (χ2v) is 5.54. The Morgan fingerprint density at radius 3 is 2.61 bits per heavy atom. The molecule has 0 radical (unpaired) electrons. The SMILES string of the molecule is CNCc1cncc(OC2CC(C)CC(C)C2)n1. The lowest BCUT2D eigenvalue weighted by molar-refractivity contribution is 0.0960. The zero-order valence-corrected chi connectivity index (χ0v) is 11.5. The number of aromatic nitrogens is 2. The standard InChI is InChI=1S/C14H23N3O/c1-10-4-11(2)6-13(5-10)18-14-9-16-8-12(17-14)7-15-3/h8-11,13,15H,4-7H2,1-3H3. The minimum Gasteiger partial charge on any atom is -0.473 e. The predicted molar refractivity (Wildman–Crippen MR) is 71.4 cm³/mol.